The molecule has 2 aromatic rings. The monoisotopic (exact) mass is 324 g/mol. The van der Waals surface area contributed by atoms with Gasteiger partial charge in [0.25, 0.3) is 0 Å². The van der Waals surface area contributed by atoms with Gasteiger partial charge >= 0.3 is 6.09 Å². The normalized spacial score (nSPS) is 10.3. The number of methoxy groups -OCH3 is 1. The van der Waals surface area contributed by atoms with Crippen molar-refractivity contribution in [3.8, 4) is 17.6 Å². The molecule has 0 aliphatic heterocycles. The number of amides is 1. The number of aromatic nitrogens is 1. The van der Waals surface area contributed by atoms with Gasteiger partial charge in [-0.05, 0) is 57.2 Å². The first kappa shape index (κ1) is 17.4. The van der Waals surface area contributed by atoms with E-state index in [2.05, 4.69) is 22.1 Å². The number of benzene rings is 1. The molecule has 124 valence electrons. The Balaban J connectivity index is 2.07. The molecule has 1 N–H and O–H groups in total. The zero-order valence-corrected chi connectivity index (χ0v) is 14.2. The van der Waals surface area contributed by atoms with Gasteiger partial charge in [-0.3, -0.25) is 5.32 Å². The topological polar surface area (TPSA) is 60.5 Å². The van der Waals surface area contributed by atoms with Crippen molar-refractivity contribution in [2.45, 2.75) is 26.4 Å². The molecule has 2 rings (SSSR count). The fourth-order valence-electron chi connectivity index (χ4n) is 1.80. The number of carbonyl (C=O) groups excluding carboxylic acids is 1. The zero-order valence-electron chi connectivity index (χ0n) is 14.2. The second-order valence-corrected chi connectivity index (χ2v) is 6.04. The second-order valence-electron chi connectivity index (χ2n) is 6.04. The molecule has 0 saturated carbocycles. The van der Waals surface area contributed by atoms with Gasteiger partial charge in [-0.1, -0.05) is 11.8 Å². The van der Waals surface area contributed by atoms with E-state index in [9.17, 15) is 4.79 Å². The Labute approximate surface area is 142 Å². The average molecular weight is 324 g/mol. The molecule has 0 aliphatic rings. The molecule has 0 aliphatic carbocycles. The van der Waals surface area contributed by atoms with E-state index in [1.807, 2.05) is 24.3 Å². The van der Waals surface area contributed by atoms with Crippen LogP contribution in [0.1, 0.15) is 31.9 Å². The maximum Gasteiger partial charge on any atom is 0.413 e. The summed E-state index contributed by atoms with van der Waals surface area (Å²) < 4.78 is 10.3. The highest BCUT2D eigenvalue weighted by Gasteiger charge is 2.16. The number of rotatable bonds is 2. The number of nitrogens with zero attached hydrogens (tertiary/aromatic N) is 1. The van der Waals surface area contributed by atoms with E-state index in [1.54, 1.807) is 46.2 Å². The maximum absolute atomic E-state index is 11.8. The minimum absolute atomic E-state index is 0.394. The molecule has 1 heterocycles. The summed E-state index contributed by atoms with van der Waals surface area (Å²) in [6.07, 6.45) is 1.04. The summed E-state index contributed by atoms with van der Waals surface area (Å²) in [6.45, 7) is 5.41. The Bertz CT molecular complexity index is 766. The lowest BCUT2D eigenvalue weighted by molar-refractivity contribution is 0.0635. The van der Waals surface area contributed by atoms with Gasteiger partial charge < -0.3 is 9.47 Å². The number of hydrogen-bond donors (Lipinski definition) is 1. The molecule has 24 heavy (non-hydrogen) atoms. The molecule has 5 heteroatoms. The summed E-state index contributed by atoms with van der Waals surface area (Å²) in [7, 11) is 1.62. The van der Waals surface area contributed by atoms with Crippen LogP contribution < -0.4 is 10.1 Å². The van der Waals surface area contributed by atoms with Crippen molar-refractivity contribution in [1.82, 2.24) is 4.98 Å². The molecule has 1 aromatic carbocycles. The van der Waals surface area contributed by atoms with E-state index in [0.29, 0.717) is 5.82 Å². The highest BCUT2D eigenvalue weighted by molar-refractivity contribution is 5.83. The van der Waals surface area contributed by atoms with Crippen molar-refractivity contribution >= 4 is 11.9 Å². The Morgan fingerprint density at radius 3 is 2.38 bits per heavy atom. The third kappa shape index (κ3) is 5.65. The van der Waals surface area contributed by atoms with Gasteiger partial charge in [-0.15, -0.1) is 0 Å². The SMILES string of the molecule is COc1ccc(C#Cc2ccnc(NC(=O)OC(C)(C)C)c2)cc1. The van der Waals surface area contributed by atoms with Crippen LogP contribution in [0, 0.1) is 11.8 Å². The Hall–Kier alpha value is -3.00. The number of ether oxygens (including phenoxy) is 2. The predicted molar refractivity (Wildman–Crippen MR) is 93.1 cm³/mol. The molecular formula is C19H20N2O3. The van der Waals surface area contributed by atoms with Crippen LogP contribution in [-0.2, 0) is 4.74 Å². The van der Waals surface area contributed by atoms with Gasteiger partial charge in [-0.25, -0.2) is 9.78 Å². The van der Waals surface area contributed by atoms with Gasteiger partial charge in [0.1, 0.15) is 17.2 Å². The van der Waals surface area contributed by atoms with E-state index < -0.39 is 11.7 Å². The molecular weight excluding hydrogens is 304 g/mol. The van der Waals surface area contributed by atoms with E-state index in [-0.39, 0.29) is 0 Å². The molecule has 0 radical (unpaired) electrons. The zero-order chi connectivity index (χ0) is 17.6. The number of carbonyl (C=O) groups is 1. The summed E-state index contributed by atoms with van der Waals surface area (Å²) in [5.41, 5.74) is 1.05. The number of hydrogen-bond acceptors (Lipinski definition) is 4. The lowest BCUT2D eigenvalue weighted by Gasteiger charge is -2.19. The quantitative estimate of drug-likeness (QED) is 0.853. The van der Waals surface area contributed by atoms with E-state index in [4.69, 9.17) is 9.47 Å². The average Bonchev–Trinajstić information content (AvgIpc) is 2.52. The molecule has 0 atom stereocenters. The van der Waals surface area contributed by atoms with Crippen LogP contribution in [0.15, 0.2) is 42.6 Å². The first-order chi connectivity index (χ1) is 11.4. The van der Waals surface area contributed by atoms with Gasteiger partial charge in [0.15, 0.2) is 0 Å². The van der Waals surface area contributed by atoms with Crippen molar-refractivity contribution in [1.29, 1.82) is 0 Å². The van der Waals surface area contributed by atoms with Crippen LogP contribution in [0.4, 0.5) is 10.6 Å². The van der Waals surface area contributed by atoms with Gasteiger partial charge in [0.2, 0.25) is 0 Å². The third-order valence-corrected chi connectivity index (χ3v) is 2.83. The van der Waals surface area contributed by atoms with E-state index >= 15 is 0 Å². The molecule has 1 amide bonds. The fraction of sp³-hybridized carbons (Fsp3) is 0.263. The smallest absolute Gasteiger partial charge is 0.413 e. The summed E-state index contributed by atoms with van der Waals surface area (Å²) in [5, 5.41) is 2.60. The summed E-state index contributed by atoms with van der Waals surface area (Å²) in [4.78, 5) is 15.8. The van der Waals surface area contributed by atoms with Crippen LogP contribution >= 0.6 is 0 Å². The summed E-state index contributed by atoms with van der Waals surface area (Å²) >= 11 is 0. The molecule has 0 fully saturated rings. The van der Waals surface area contributed by atoms with Crippen molar-refractivity contribution in [3.05, 3.63) is 53.7 Å². The number of anilines is 1. The van der Waals surface area contributed by atoms with Crippen LogP contribution in [0.3, 0.4) is 0 Å². The number of pyridine rings is 1. The van der Waals surface area contributed by atoms with Crippen LogP contribution in [0.5, 0.6) is 5.75 Å². The minimum atomic E-state index is -0.560. The van der Waals surface area contributed by atoms with Crippen LogP contribution in [-0.4, -0.2) is 23.8 Å². The fourth-order valence-corrected chi connectivity index (χ4v) is 1.80. The lowest BCUT2D eigenvalue weighted by Crippen LogP contribution is -2.27. The molecule has 0 unspecified atom stereocenters. The molecule has 0 spiro atoms. The molecule has 5 nitrogen and oxygen atoms in total. The van der Waals surface area contributed by atoms with Crippen molar-refractivity contribution in [2.24, 2.45) is 0 Å². The summed E-state index contributed by atoms with van der Waals surface area (Å²) in [5.74, 6) is 7.27. The Morgan fingerprint density at radius 2 is 1.75 bits per heavy atom. The highest BCUT2D eigenvalue weighted by atomic mass is 16.6. The molecule has 1 aromatic heterocycles. The Kier molecular flexibility index (Phi) is 5.43. The first-order valence-corrected chi connectivity index (χ1v) is 7.48. The van der Waals surface area contributed by atoms with Crippen molar-refractivity contribution < 1.29 is 14.3 Å². The minimum Gasteiger partial charge on any atom is -0.497 e. The van der Waals surface area contributed by atoms with Gasteiger partial charge in [0, 0.05) is 17.3 Å². The van der Waals surface area contributed by atoms with Gasteiger partial charge in [-0.2, -0.15) is 0 Å². The third-order valence-electron chi connectivity index (χ3n) is 2.83. The lowest BCUT2D eigenvalue weighted by atomic mass is 10.2. The Morgan fingerprint density at radius 1 is 1.08 bits per heavy atom. The van der Waals surface area contributed by atoms with Crippen LogP contribution in [0.25, 0.3) is 0 Å². The largest absolute Gasteiger partial charge is 0.497 e. The highest BCUT2D eigenvalue weighted by Crippen LogP contribution is 2.12. The maximum atomic E-state index is 11.8. The molecule has 0 saturated heterocycles. The van der Waals surface area contributed by atoms with Gasteiger partial charge in [0.05, 0.1) is 7.11 Å². The first-order valence-electron chi connectivity index (χ1n) is 7.48. The van der Waals surface area contributed by atoms with E-state index in [0.717, 1.165) is 16.9 Å². The van der Waals surface area contributed by atoms with Crippen LogP contribution in [0.2, 0.25) is 0 Å². The van der Waals surface area contributed by atoms with E-state index in [1.165, 1.54) is 0 Å². The van der Waals surface area contributed by atoms with Crippen molar-refractivity contribution in [3.63, 3.8) is 0 Å². The summed E-state index contributed by atoms with van der Waals surface area (Å²) in [6, 6.07) is 10.9. The number of nitrogens with one attached hydrogen (secondary N) is 1. The molecule has 0 bridgehead atoms. The second kappa shape index (κ2) is 7.51. The predicted octanol–water partition coefficient (Wildman–Crippen LogP) is 3.84. The standard InChI is InChI=1S/C19H20N2O3/c1-19(2,3)24-18(22)21-17-13-15(11-12-20-17)6-5-14-7-9-16(23-4)10-8-14/h7-13H,1-4H3,(H,20,21,22). The van der Waals surface area contributed by atoms with Crippen molar-refractivity contribution in [2.75, 3.05) is 12.4 Å².